The number of aliphatic hydroxyl groups is 1. The van der Waals surface area contributed by atoms with Gasteiger partial charge in [0.2, 0.25) is 0 Å². The minimum atomic E-state index is -0.423. The Morgan fingerprint density at radius 1 is 1.09 bits per heavy atom. The van der Waals surface area contributed by atoms with E-state index in [1.54, 1.807) is 0 Å². The van der Waals surface area contributed by atoms with Crippen molar-refractivity contribution in [2.75, 3.05) is 26.2 Å². The van der Waals surface area contributed by atoms with E-state index in [1.807, 2.05) is 30.3 Å². The van der Waals surface area contributed by atoms with Crippen LogP contribution in [-0.4, -0.2) is 42.2 Å². The first-order valence-corrected chi connectivity index (χ1v) is 9.35. The van der Waals surface area contributed by atoms with E-state index in [-0.39, 0.29) is 6.04 Å². The van der Waals surface area contributed by atoms with E-state index in [0.29, 0.717) is 5.92 Å². The maximum absolute atomic E-state index is 10.7. The zero-order valence-electron chi connectivity index (χ0n) is 14.9. The summed E-state index contributed by atoms with van der Waals surface area (Å²) in [7, 11) is 0. The van der Waals surface area contributed by atoms with Gasteiger partial charge in [-0.2, -0.15) is 0 Å². The summed E-state index contributed by atoms with van der Waals surface area (Å²) < 4.78 is 0. The molecule has 23 heavy (non-hydrogen) atoms. The van der Waals surface area contributed by atoms with E-state index in [4.69, 9.17) is 0 Å². The van der Waals surface area contributed by atoms with Gasteiger partial charge in [-0.3, -0.25) is 0 Å². The highest BCUT2D eigenvalue weighted by molar-refractivity contribution is 5.18. The van der Waals surface area contributed by atoms with E-state index in [0.717, 1.165) is 24.9 Å². The lowest BCUT2D eigenvalue weighted by Gasteiger charge is -2.28. The van der Waals surface area contributed by atoms with Gasteiger partial charge in [0, 0.05) is 6.04 Å². The molecule has 0 radical (unpaired) electrons. The Morgan fingerprint density at radius 2 is 1.78 bits per heavy atom. The maximum Gasteiger partial charge on any atom is 0.0943 e. The van der Waals surface area contributed by atoms with E-state index < -0.39 is 6.10 Å². The summed E-state index contributed by atoms with van der Waals surface area (Å²) in [4.78, 5) is 2.58. The second-order valence-electron chi connectivity index (χ2n) is 7.30. The van der Waals surface area contributed by atoms with Crippen LogP contribution < -0.4 is 5.32 Å². The van der Waals surface area contributed by atoms with Gasteiger partial charge in [0.15, 0.2) is 0 Å². The summed E-state index contributed by atoms with van der Waals surface area (Å²) in [6.45, 7) is 9.14. The van der Waals surface area contributed by atoms with Crippen LogP contribution in [0.4, 0.5) is 0 Å². The lowest BCUT2D eigenvalue weighted by molar-refractivity contribution is 0.115. The van der Waals surface area contributed by atoms with Crippen LogP contribution in [0.3, 0.4) is 0 Å². The molecule has 0 aromatic heterocycles. The third-order valence-corrected chi connectivity index (χ3v) is 4.75. The number of nitrogens with zero attached hydrogens (tertiary/aromatic N) is 1. The van der Waals surface area contributed by atoms with E-state index >= 15 is 0 Å². The molecule has 1 aliphatic rings. The molecular weight excluding hydrogens is 284 g/mol. The summed E-state index contributed by atoms with van der Waals surface area (Å²) >= 11 is 0. The molecule has 1 saturated heterocycles. The molecule has 2 atom stereocenters. The molecule has 3 heteroatoms. The fourth-order valence-electron chi connectivity index (χ4n) is 3.49. The molecule has 1 fully saturated rings. The van der Waals surface area contributed by atoms with Crippen molar-refractivity contribution in [1.82, 2.24) is 10.2 Å². The second-order valence-corrected chi connectivity index (χ2v) is 7.30. The normalized spacial score (nSPS) is 19.0. The maximum atomic E-state index is 10.7. The Balaban J connectivity index is 1.78. The number of likely N-dealkylation sites (tertiary alicyclic amines) is 1. The lowest BCUT2D eigenvalue weighted by Crippen LogP contribution is -2.38. The molecule has 1 aromatic carbocycles. The monoisotopic (exact) mass is 318 g/mol. The van der Waals surface area contributed by atoms with Gasteiger partial charge in [0.25, 0.3) is 0 Å². The van der Waals surface area contributed by atoms with Crippen molar-refractivity contribution < 1.29 is 5.11 Å². The predicted octanol–water partition coefficient (Wildman–Crippen LogP) is 3.60. The fraction of sp³-hybridized carbons (Fsp3) is 0.700. The summed E-state index contributed by atoms with van der Waals surface area (Å²) in [5, 5.41) is 14.3. The van der Waals surface area contributed by atoms with Crippen molar-refractivity contribution in [3.63, 3.8) is 0 Å². The summed E-state index contributed by atoms with van der Waals surface area (Å²) in [5.41, 5.74) is 1.02. The fourth-order valence-corrected chi connectivity index (χ4v) is 3.49. The number of aliphatic hydroxyl groups excluding tert-OH is 1. The molecule has 0 bridgehead atoms. The Bertz CT molecular complexity index is 415. The highest BCUT2D eigenvalue weighted by Gasteiger charge is 2.21. The molecule has 130 valence electrons. The number of hydrogen-bond donors (Lipinski definition) is 2. The third kappa shape index (κ3) is 6.62. The van der Waals surface area contributed by atoms with Crippen LogP contribution in [0.15, 0.2) is 30.3 Å². The lowest BCUT2D eigenvalue weighted by atomic mass is 9.94. The van der Waals surface area contributed by atoms with Crippen LogP contribution in [0, 0.1) is 5.92 Å². The van der Waals surface area contributed by atoms with E-state index in [1.165, 1.54) is 38.9 Å². The minimum absolute atomic E-state index is 0.138. The molecule has 0 aliphatic carbocycles. The number of benzene rings is 1. The Morgan fingerprint density at radius 3 is 2.43 bits per heavy atom. The topological polar surface area (TPSA) is 35.5 Å². The number of rotatable bonds is 9. The third-order valence-electron chi connectivity index (χ3n) is 4.75. The van der Waals surface area contributed by atoms with Crippen LogP contribution >= 0.6 is 0 Å². The van der Waals surface area contributed by atoms with Gasteiger partial charge >= 0.3 is 0 Å². The molecular formula is C20H34N2O. The van der Waals surface area contributed by atoms with Crippen LogP contribution in [-0.2, 0) is 0 Å². The standard InChI is InChI=1S/C20H34N2O/c1-17(2)16-19(20(23)18-10-5-3-6-11-18)21-12-9-15-22-13-7-4-8-14-22/h3,5-6,10-11,17,19-21,23H,4,7-9,12-16H2,1-2H3. The largest absolute Gasteiger partial charge is 0.387 e. The molecule has 1 aliphatic heterocycles. The van der Waals surface area contributed by atoms with Gasteiger partial charge in [-0.25, -0.2) is 0 Å². The van der Waals surface area contributed by atoms with Crippen molar-refractivity contribution in [2.45, 2.75) is 58.1 Å². The second kappa shape index (κ2) is 10.1. The van der Waals surface area contributed by atoms with Gasteiger partial charge < -0.3 is 15.3 Å². The van der Waals surface area contributed by atoms with Gasteiger partial charge in [-0.1, -0.05) is 50.6 Å². The average molecular weight is 319 g/mol. The summed E-state index contributed by atoms with van der Waals surface area (Å²) in [5.74, 6) is 0.577. The van der Waals surface area contributed by atoms with Crippen molar-refractivity contribution in [3.8, 4) is 0 Å². The molecule has 0 saturated carbocycles. The zero-order valence-corrected chi connectivity index (χ0v) is 14.9. The molecule has 1 aromatic rings. The molecule has 1 heterocycles. The number of piperidine rings is 1. The molecule has 2 unspecified atom stereocenters. The molecule has 0 spiro atoms. The smallest absolute Gasteiger partial charge is 0.0943 e. The highest BCUT2D eigenvalue weighted by atomic mass is 16.3. The molecule has 2 rings (SSSR count). The van der Waals surface area contributed by atoms with Crippen molar-refractivity contribution >= 4 is 0 Å². The van der Waals surface area contributed by atoms with Crippen molar-refractivity contribution in [3.05, 3.63) is 35.9 Å². The van der Waals surface area contributed by atoms with Crippen molar-refractivity contribution in [1.29, 1.82) is 0 Å². The first-order chi connectivity index (χ1) is 11.2. The SMILES string of the molecule is CC(C)CC(NCCCN1CCCCC1)C(O)c1ccccc1. The van der Waals surface area contributed by atoms with Crippen LogP contribution in [0.2, 0.25) is 0 Å². The van der Waals surface area contributed by atoms with Crippen LogP contribution in [0.25, 0.3) is 0 Å². The predicted molar refractivity (Wildman–Crippen MR) is 97.6 cm³/mol. The van der Waals surface area contributed by atoms with E-state index in [9.17, 15) is 5.11 Å². The van der Waals surface area contributed by atoms with Crippen LogP contribution in [0.1, 0.15) is 57.6 Å². The van der Waals surface area contributed by atoms with Crippen molar-refractivity contribution in [2.24, 2.45) is 5.92 Å². The first-order valence-electron chi connectivity index (χ1n) is 9.35. The number of nitrogens with one attached hydrogen (secondary N) is 1. The Kier molecular flexibility index (Phi) is 8.07. The Labute approximate surface area is 142 Å². The van der Waals surface area contributed by atoms with Crippen LogP contribution in [0.5, 0.6) is 0 Å². The minimum Gasteiger partial charge on any atom is -0.387 e. The van der Waals surface area contributed by atoms with Gasteiger partial charge in [-0.05, 0) is 63.3 Å². The van der Waals surface area contributed by atoms with Gasteiger partial charge in [0.1, 0.15) is 0 Å². The molecule has 2 N–H and O–H groups in total. The average Bonchev–Trinajstić information content (AvgIpc) is 2.58. The van der Waals surface area contributed by atoms with Gasteiger partial charge in [0.05, 0.1) is 6.10 Å². The first kappa shape index (κ1) is 18.4. The molecule has 0 amide bonds. The summed E-state index contributed by atoms with van der Waals surface area (Å²) in [6, 6.07) is 10.2. The van der Waals surface area contributed by atoms with E-state index in [2.05, 4.69) is 24.1 Å². The number of hydrogen-bond acceptors (Lipinski definition) is 3. The Hall–Kier alpha value is -0.900. The highest BCUT2D eigenvalue weighted by Crippen LogP contribution is 2.21. The quantitative estimate of drug-likeness (QED) is 0.683. The zero-order chi connectivity index (χ0) is 16.5. The summed E-state index contributed by atoms with van der Waals surface area (Å²) in [6.07, 6.45) is 5.85. The molecule has 3 nitrogen and oxygen atoms in total. The van der Waals surface area contributed by atoms with Gasteiger partial charge in [-0.15, -0.1) is 0 Å².